The molecule has 134 valence electrons. The highest BCUT2D eigenvalue weighted by Crippen LogP contribution is 2.20. The Morgan fingerprint density at radius 2 is 2.12 bits per heavy atom. The number of hydrogen-bond donors (Lipinski definition) is 1. The first-order chi connectivity index (χ1) is 12.2. The number of Topliss-reactive ketones (excluding diaryl/α,β-unsaturated/α-hetero) is 1. The van der Waals surface area contributed by atoms with Gasteiger partial charge in [-0.15, -0.1) is 0 Å². The van der Waals surface area contributed by atoms with E-state index >= 15 is 0 Å². The Hall–Kier alpha value is -1.53. The second-order valence-corrected chi connectivity index (χ2v) is 7.54. The molecule has 2 heterocycles. The quantitative estimate of drug-likeness (QED) is 0.773. The summed E-state index contributed by atoms with van der Waals surface area (Å²) in [7, 11) is 0. The standard InChI is InChI=1S/C20H26N2O2S/c1-16(24)19-4-2-3-17(11-19)12-21-7-8-22(20(14-21)5-9-23)13-18-6-10-25-15-18/h2-4,6,10-11,15,20,23H,5,7-9,12-14H2,1H3. The molecule has 1 unspecified atom stereocenters. The minimum Gasteiger partial charge on any atom is -0.396 e. The summed E-state index contributed by atoms with van der Waals surface area (Å²) in [6, 6.07) is 10.5. The Balaban J connectivity index is 1.63. The molecule has 5 heteroatoms. The lowest BCUT2D eigenvalue weighted by atomic mass is 10.0. The van der Waals surface area contributed by atoms with E-state index in [9.17, 15) is 9.90 Å². The number of piperazine rings is 1. The molecule has 0 radical (unpaired) electrons. The lowest BCUT2D eigenvalue weighted by Gasteiger charge is -2.41. The predicted molar refractivity (Wildman–Crippen MR) is 102 cm³/mol. The van der Waals surface area contributed by atoms with E-state index in [4.69, 9.17) is 0 Å². The summed E-state index contributed by atoms with van der Waals surface area (Å²) in [6.45, 7) is 6.62. The van der Waals surface area contributed by atoms with Crippen molar-refractivity contribution in [2.24, 2.45) is 0 Å². The maximum atomic E-state index is 11.6. The Kier molecular flexibility index (Phi) is 6.37. The first-order valence-electron chi connectivity index (χ1n) is 8.84. The Labute approximate surface area is 153 Å². The van der Waals surface area contributed by atoms with Gasteiger partial charge in [-0.2, -0.15) is 11.3 Å². The van der Waals surface area contributed by atoms with Gasteiger partial charge in [-0.1, -0.05) is 18.2 Å². The molecule has 3 rings (SSSR count). The zero-order chi connectivity index (χ0) is 17.6. The van der Waals surface area contributed by atoms with Crippen LogP contribution < -0.4 is 0 Å². The monoisotopic (exact) mass is 358 g/mol. The molecule has 1 atom stereocenters. The largest absolute Gasteiger partial charge is 0.396 e. The van der Waals surface area contributed by atoms with Crippen molar-refractivity contribution >= 4 is 17.1 Å². The van der Waals surface area contributed by atoms with Gasteiger partial charge in [0.05, 0.1) is 0 Å². The van der Waals surface area contributed by atoms with Gasteiger partial charge in [0.1, 0.15) is 0 Å². The number of thiophene rings is 1. The number of aliphatic hydroxyl groups is 1. The van der Waals surface area contributed by atoms with Crippen LogP contribution >= 0.6 is 11.3 Å². The SMILES string of the molecule is CC(=O)c1cccc(CN2CCN(Cc3ccsc3)C(CCO)C2)c1. The molecule has 1 saturated heterocycles. The number of ketones is 1. The van der Waals surface area contributed by atoms with E-state index in [0.29, 0.717) is 6.04 Å². The van der Waals surface area contributed by atoms with Gasteiger partial charge in [0.2, 0.25) is 0 Å². The molecule has 4 nitrogen and oxygen atoms in total. The number of benzene rings is 1. The molecule has 1 aromatic heterocycles. The number of carbonyl (C=O) groups is 1. The third-order valence-corrected chi connectivity index (χ3v) is 5.59. The molecule has 0 aliphatic carbocycles. The predicted octanol–water partition coefficient (Wildman–Crippen LogP) is 3.02. The van der Waals surface area contributed by atoms with Gasteiger partial charge in [-0.3, -0.25) is 14.6 Å². The molecule has 0 bridgehead atoms. The minimum absolute atomic E-state index is 0.112. The van der Waals surface area contributed by atoms with Crippen molar-refractivity contribution in [3.63, 3.8) is 0 Å². The van der Waals surface area contributed by atoms with Gasteiger partial charge in [-0.25, -0.2) is 0 Å². The number of carbonyl (C=O) groups excluding carboxylic acids is 1. The first kappa shape index (κ1) is 18.3. The van der Waals surface area contributed by atoms with E-state index in [-0.39, 0.29) is 12.4 Å². The fraction of sp³-hybridized carbons (Fsp3) is 0.450. The topological polar surface area (TPSA) is 43.8 Å². The van der Waals surface area contributed by atoms with Crippen molar-refractivity contribution < 1.29 is 9.90 Å². The fourth-order valence-electron chi connectivity index (χ4n) is 3.50. The van der Waals surface area contributed by atoms with Crippen molar-refractivity contribution in [2.75, 3.05) is 26.2 Å². The molecule has 0 saturated carbocycles. The van der Waals surface area contributed by atoms with E-state index in [2.05, 4.69) is 32.7 Å². The van der Waals surface area contributed by atoms with E-state index in [1.165, 1.54) is 11.1 Å². The van der Waals surface area contributed by atoms with Gasteiger partial charge in [0, 0.05) is 50.9 Å². The van der Waals surface area contributed by atoms with E-state index < -0.39 is 0 Å². The molecule has 1 N–H and O–H groups in total. The zero-order valence-corrected chi connectivity index (χ0v) is 15.5. The number of rotatable bonds is 7. The summed E-state index contributed by atoms with van der Waals surface area (Å²) in [5.74, 6) is 0.112. The average molecular weight is 359 g/mol. The van der Waals surface area contributed by atoms with Crippen LogP contribution in [0, 0.1) is 0 Å². The van der Waals surface area contributed by atoms with Crippen LogP contribution in [0.4, 0.5) is 0 Å². The van der Waals surface area contributed by atoms with Crippen molar-refractivity contribution in [2.45, 2.75) is 32.5 Å². The molecule has 0 amide bonds. The van der Waals surface area contributed by atoms with Crippen molar-refractivity contribution in [3.05, 3.63) is 57.8 Å². The summed E-state index contributed by atoms with van der Waals surface area (Å²) in [6.07, 6.45) is 0.800. The van der Waals surface area contributed by atoms with Crippen LogP contribution in [0.25, 0.3) is 0 Å². The zero-order valence-electron chi connectivity index (χ0n) is 14.7. The van der Waals surface area contributed by atoms with E-state index in [0.717, 1.165) is 44.7 Å². The fourth-order valence-corrected chi connectivity index (χ4v) is 4.16. The Morgan fingerprint density at radius 1 is 1.24 bits per heavy atom. The normalized spacial score (nSPS) is 19.2. The minimum atomic E-state index is 0.112. The second kappa shape index (κ2) is 8.72. The highest BCUT2D eigenvalue weighted by molar-refractivity contribution is 7.07. The van der Waals surface area contributed by atoms with E-state index in [1.54, 1.807) is 18.3 Å². The Bertz CT molecular complexity index is 687. The highest BCUT2D eigenvalue weighted by Gasteiger charge is 2.26. The smallest absolute Gasteiger partial charge is 0.159 e. The summed E-state index contributed by atoms with van der Waals surface area (Å²) >= 11 is 1.73. The third-order valence-electron chi connectivity index (χ3n) is 4.86. The summed E-state index contributed by atoms with van der Waals surface area (Å²) in [5.41, 5.74) is 3.32. The molecule has 25 heavy (non-hydrogen) atoms. The van der Waals surface area contributed by atoms with Crippen LogP contribution in [0.5, 0.6) is 0 Å². The third kappa shape index (κ3) is 4.98. The summed E-state index contributed by atoms with van der Waals surface area (Å²) in [4.78, 5) is 16.5. The summed E-state index contributed by atoms with van der Waals surface area (Å²) in [5, 5.41) is 13.8. The average Bonchev–Trinajstić information content (AvgIpc) is 3.11. The number of hydrogen-bond acceptors (Lipinski definition) is 5. The lowest BCUT2D eigenvalue weighted by molar-refractivity contribution is 0.0500. The van der Waals surface area contributed by atoms with Crippen LogP contribution in [0.3, 0.4) is 0 Å². The molecular weight excluding hydrogens is 332 g/mol. The maximum Gasteiger partial charge on any atom is 0.159 e. The van der Waals surface area contributed by atoms with Crippen LogP contribution in [-0.4, -0.2) is 53.0 Å². The van der Waals surface area contributed by atoms with Crippen molar-refractivity contribution in [1.29, 1.82) is 0 Å². The summed E-state index contributed by atoms with van der Waals surface area (Å²) < 4.78 is 0. The van der Waals surface area contributed by atoms with Crippen LogP contribution in [-0.2, 0) is 13.1 Å². The van der Waals surface area contributed by atoms with E-state index in [1.807, 2.05) is 18.2 Å². The molecule has 1 aliphatic rings. The van der Waals surface area contributed by atoms with Crippen molar-refractivity contribution in [3.8, 4) is 0 Å². The Morgan fingerprint density at radius 3 is 2.84 bits per heavy atom. The highest BCUT2D eigenvalue weighted by atomic mass is 32.1. The van der Waals surface area contributed by atoms with Crippen LogP contribution in [0.15, 0.2) is 41.1 Å². The number of nitrogens with zero attached hydrogens (tertiary/aromatic N) is 2. The maximum absolute atomic E-state index is 11.6. The number of aliphatic hydroxyl groups excluding tert-OH is 1. The molecule has 1 aliphatic heterocycles. The molecular formula is C20H26N2O2S. The van der Waals surface area contributed by atoms with Gasteiger partial charge in [-0.05, 0) is 47.4 Å². The molecule has 0 spiro atoms. The van der Waals surface area contributed by atoms with Gasteiger partial charge in [0.25, 0.3) is 0 Å². The lowest BCUT2D eigenvalue weighted by Crippen LogP contribution is -2.52. The van der Waals surface area contributed by atoms with Gasteiger partial charge in [0.15, 0.2) is 5.78 Å². The second-order valence-electron chi connectivity index (χ2n) is 6.76. The first-order valence-corrected chi connectivity index (χ1v) is 9.78. The molecule has 1 fully saturated rings. The molecule has 2 aromatic rings. The van der Waals surface area contributed by atoms with Gasteiger partial charge < -0.3 is 5.11 Å². The van der Waals surface area contributed by atoms with Gasteiger partial charge >= 0.3 is 0 Å². The molecule has 1 aromatic carbocycles. The van der Waals surface area contributed by atoms with Crippen LogP contribution in [0.2, 0.25) is 0 Å². The van der Waals surface area contributed by atoms with Crippen LogP contribution in [0.1, 0.15) is 34.8 Å². The van der Waals surface area contributed by atoms with Crippen molar-refractivity contribution in [1.82, 2.24) is 9.80 Å².